The molecule has 0 aliphatic carbocycles. The van der Waals surface area contributed by atoms with Gasteiger partial charge in [-0.05, 0) is 115 Å². The summed E-state index contributed by atoms with van der Waals surface area (Å²) in [6, 6.07) is 23.6. The smallest absolute Gasteiger partial charge is 0.744 e. The molecule has 0 atom stereocenters. The molecule has 1 aliphatic rings. The molecule has 1 heterocycles. The van der Waals surface area contributed by atoms with Crippen molar-refractivity contribution in [1.82, 2.24) is 0 Å². The molecule has 4 N–H and O–H groups in total. The summed E-state index contributed by atoms with van der Waals surface area (Å²) in [4.78, 5) is 12.7. The maximum atomic E-state index is 13.1. The van der Waals surface area contributed by atoms with E-state index in [1.807, 2.05) is 71.9 Å². The number of esters is 1. The van der Waals surface area contributed by atoms with E-state index < -0.39 is 15.7 Å². The van der Waals surface area contributed by atoms with Gasteiger partial charge in [-0.2, -0.15) is 5.11 Å². The molecule has 53 heavy (non-hydrogen) atoms. The summed E-state index contributed by atoms with van der Waals surface area (Å²) in [5.41, 5.74) is 5.48. The van der Waals surface area contributed by atoms with Crippen LogP contribution in [0.4, 0.5) is 11.4 Å². The maximum absolute atomic E-state index is 13.1. The third-order valence-corrected chi connectivity index (χ3v) is 9.73. The molecule has 0 fully saturated rings. The normalized spacial score (nSPS) is 13.3. The van der Waals surface area contributed by atoms with Crippen molar-refractivity contribution < 1.29 is 72.5 Å². The zero-order chi connectivity index (χ0) is 38.1. The molecule has 5 aromatic carbocycles. The molecule has 0 saturated heterocycles. The Morgan fingerprint density at radius 3 is 1.70 bits per heavy atom. The van der Waals surface area contributed by atoms with E-state index in [9.17, 15) is 33.1 Å². The molecule has 0 spiro atoms. The number of nitrogens with zero attached hydrogens (tertiary/aromatic N) is 2. The number of benzene rings is 5. The number of aryl methyl sites for hydroxylation is 2. The van der Waals surface area contributed by atoms with Crippen LogP contribution in [0.5, 0.6) is 23.0 Å². The minimum Gasteiger partial charge on any atom is -0.744 e. The predicted molar refractivity (Wildman–Crippen MR) is 194 cm³/mol. The number of hydrogen-bond donors (Lipinski definition) is 4. The van der Waals surface area contributed by atoms with E-state index >= 15 is 0 Å². The second kappa shape index (κ2) is 16.1. The Labute approximate surface area is 330 Å². The first-order chi connectivity index (χ1) is 24.4. The molecule has 0 aromatic heterocycles. The number of fused-ring (bicyclic) bond motifs is 1. The SMILES string of the molecule is Cc1cc(O)c(C(C)C)cc1C1(c2cc(C(C)C)c(O)cc2C)OC(=O)c2ccccc21.O=S(=O)([O-])c1ccc(N=Nc2ccc(O)cc2O)cc1.[Na+]. The maximum Gasteiger partial charge on any atom is 1.00 e. The van der Waals surface area contributed by atoms with Gasteiger partial charge in [0.05, 0.1) is 16.1 Å². The number of azo groups is 1. The standard InChI is InChI=1S/C28H30O4.C12H10N2O5S.Na/c1-15(2)20-13-23(17(5)11-25(20)29)28(22-10-8-7-9-19(22)27(31)32-28)24-14-21(16(3)4)26(30)12-18(24)6;15-9-3-6-11(12(16)7-9)14-13-8-1-4-10(5-2-8)20(17,18)19;/h7-16,29-30H,1-6H3;1-7,15-16H,(H,17,18,19);/q;;+1/p-1. The van der Waals surface area contributed by atoms with Crippen molar-refractivity contribution in [3.05, 3.63) is 136 Å². The summed E-state index contributed by atoms with van der Waals surface area (Å²) in [6.45, 7) is 12.0. The zero-order valence-electron chi connectivity index (χ0n) is 30.4. The molecule has 0 saturated carbocycles. The Balaban J connectivity index is 0.000000258. The largest absolute Gasteiger partial charge is 1.00 e. The summed E-state index contributed by atoms with van der Waals surface area (Å²) < 4.78 is 38.5. The van der Waals surface area contributed by atoms with E-state index in [1.165, 1.54) is 24.3 Å². The van der Waals surface area contributed by atoms with Gasteiger partial charge in [0.1, 0.15) is 38.8 Å². The third-order valence-electron chi connectivity index (χ3n) is 8.88. The van der Waals surface area contributed by atoms with Crippen LogP contribution < -0.4 is 29.6 Å². The average molecular weight is 747 g/mol. The summed E-state index contributed by atoms with van der Waals surface area (Å²) in [5.74, 6) is -0.0768. The Kier molecular flexibility index (Phi) is 12.5. The van der Waals surface area contributed by atoms with Gasteiger partial charge in [0, 0.05) is 22.8 Å². The second-order valence-corrected chi connectivity index (χ2v) is 14.6. The van der Waals surface area contributed by atoms with Crippen LogP contribution in [0.3, 0.4) is 0 Å². The fourth-order valence-electron chi connectivity index (χ4n) is 6.25. The van der Waals surface area contributed by atoms with Crippen molar-refractivity contribution >= 4 is 27.5 Å². The van der Waals surface area contributed by atoms with Gasteiger partial charge >= 0.3 is 35.5 Å². The van der Waals surface area contributed by atoms with E-state index in [0.29, 0.717) is 11.3 Å². The molecule has 11 nitrogen and oxygen atoms in total. The van der Waals surface area contributed by atoms with Gasteiger partial charge < -0.3 is 29.7 Å². The summed E-state index contributed by atoms with van der Waals surface area (Å²) in [5, 5.41) is 47.3. The second-order valence-electron chi connectivity index (χ2n) is 13.2. The van der Waals surface area contributed by atoms with Crippen molar-refractivity contribution in [3.63, 3.8) is 0 Å². The number of phenols is 4. The molecular weight excluding hydrogens is 708 g/mol. The third kappa shape index (κ3) is 8.42. The number of carbonyl (C=O) groups is 1. The number of cyclic esters (lactones) is 1. The van der Waals surface area contributed by atoms with Gasteiger partial charge in [0.2, 0.25) is 0 Å². The summed E-state index contributed by atoms with van der Waals surface area (Å²) in [6.07, 6.45) is 0. The topological polar surface area (TPSA) is 189 Å². The Morgan fingerprint density at radius 1 is 0.679 bits per heavy atom. The van der Waals surface area contributed by atoms with Crippen LogP contribution in [-0.4, -0.2) is 39.4 Å². The number of aromatic hydroxyl groups is 4. The van der Waals surface area contributed by atoms with Gasteiger partial charge in [0.25, 0.3) is 0 Å². The molecule has 270 valence electrons. The minimum atomic E-state index is -4.49. The first kappa shape index (κ1) is 41.0. The van der Waals surface area contributed by atoms with Crippen LogP contribution in [0.2, 0.25) is 0 Å². The molecule has 0 bridgehead atoms. The minimum absolute atomic E-state index is 0. The van der Waals surface area contributed by atoms with Gasteiger partial charge in [-0.25, -0.2) is 13.2 Å². The van der Waals surface area contributed by atoms with Crippen molar-refractivity contribution in [2.24, 2.45) is 10.2 Å². The van der Waals surface area contributed by atoms with Gasteiger partial charge in [-0.15, -0.1) is 5.11 Å². The predicted octanol–water partition coefficient (Wildman–Crippen LogP) is 5.85. The Hall–Kier alpha value is -4.72. The van der Waals surface area contributed by atoms with Crippen molar-refractivity contribution in [3.8, 4) is 23.0 Å². The van der Waals surface area contributed by atoms with E-state index in [0.717, 1.165) is 57.1 Å². The monoisotopic (exact) mass is 746 g/mol. The first-order valence-electron chi connectivity index (χ1n) is 16.4. The molecule has 0 unspecified atom stereocenters. The summed E-state index contributed by atoms with van der Waals surface area (Å²) in [7, 11) is -4.49. The van der Waals surface area contributed by atoms with E-state index in [4.69, 9.17) is 9.84 Å². The Bertz CT molecular complexity index is 2240. The molecular formula is C40H39N2NaO9S. The fraction of sp³-hybridized carbons (Fsp3) is 0.225. The fourth-order valence-corrected chi connectivity index (χ4v) is 6.72. The summed E-state index contributed by atoms with van der Waals surface area (Å²) >= 11 is 0. The van der Waals surface area contributed by atoms with Crippen LogP contribution >= 0.6 is 0 Å². The number of hydrogen-bond acceptors (Lipinski definition) is 11. The van der Waals surface area contributed by atoms with Crippen LogP contribution in [0.1, 0.15) is 88.8 Å². The Morgan fingerprint density at radius 2 is 1.21 bits per heavy atom. The molecule has 1 aliphatic heterocycles. The number of rotatable bonds is 7. The van der Waals surface area contributed by atoms with Crippen LogP contribution in [0.25, 0.3) is 0 Å². The molecule has 6 rings (SSSR count). The molecule has 13 heteroatoms. The zero-order valence-corrected chi connectivity index (χ0v) is 33.3. The number of carbonyl (C=O) groups excluding carboxylic acids is 1. The number of ether oxygens (including phenoxy) is 1. The van der Waals surface area contributed by atoms with Gasteiger partial charge in [0.15, 0.2) is 5.60 Å². The molecule has 0 amide bonds. The van der Waals surface area contributed by atoms with Crippen molar-refractivity contribution in [2.75, 3.05) is 0 Å². The quantitative estimate of drug-likeness (QED) is 0.0686. The van der Waals surface area contributed by atoms with E-state index in [1.54, 1.807) is 18.2 Å². The number of phenolic OH excluding ortho intramolecular Hbond substituents is 4. The van der Waals surface area contributed by atoms with E-state index in [-0.39, 0.29) is 80.9 Å². The average Bonchev–Trinajstić information content (AvgIpc) is 3.36. The van der Waals surface area contributed by atoms with Crippen LogP contribution in [0, 0.1) is 13.8 Å². The molecule has 0 radical (unpaired) electrons. The molecule has 5 aromatic rings. The van der Waals surface area contributed by atoms with Gasteiger partial charge in [-0.1, -0.05) is 45.9 Å². The van der Waals surface area contributed by atoms with Crippen LogP contribution in [-0.2, 0) is 20.5 Å². The van der Waals surface area contributed by atoms with Crippen molar-refractivity contribution in [2.45, 2.75) is 63.9 Å². The van der Waals surface area contributed by atoms with E-state index in [2.05, 4.69) is 10.2 Å². The first-order valence-corrected chi connectivity index (χ1v) is 17.8. The van der Waals surface area contributed by atoms with Gasteiger partial charge in [-0.3, -0.25) is 0 Å². The van der Waals surface area contributed by atoms with Crippen LogP contribution in [0.15, 0.2) is 106 Å². The van der Waals surface area contributed by atoms with Crippen molar-refractivity contribution in [1.29, 1.82) is 0 Å².